The van der Waals surface area contributed by atoms with Crippen molar-refractivity contribution in [2.45, 2.75) is 65.4 Å². The summed E-state index contributed by atoms with van der Waals surface area (Å²) in [4.78, 5) is 12.3. The Labute approximate surface area is 163 Å². The van der Waals surface area contributed by atoms with Crippen LogP contribution in [-0.4, -0.2) is 12.6 Å². The van der Waals surface area contributed by atoms with Gasteiger partial charge in [0.25, 0.3) is 0 Å². The first-order chi connectivity index (χ1) is 13.1. The summed E-state index contributed by atoms with van der Waals surface area (Å²) in [6.07, 6.45) is 6.90. The van der Waals surface area contributed by atoms with Crippen molar-refractivity contribution in [1.29, 1.82) is 0 Å². The molecule has 0 heterocycles. The number of unbranched alkanes of at least 4 members (excludes halogenated alkanes) is 3. The second-order valence-electron chi connectivity index (χ2n) is 6.98. The first kappa shape index (κ1) is 21.2. The van der Waals surface area contributed by atoms with Gasteiger partial charge in [-0.3, -0.25) is 0 Å². The maximum atomic E-state index is 12.3. The van der Waals surface area contributed by atoms with Gasteiger partial charge in [-0.05, 0) is 61.6 Å². The smallest absolute Gasteiger partial charge is 0.343 e. The van der Waals surface area contributed by atoms with E-state index < -0.39 is 0 Å². The number of carbonyl (C=O) groups excluding carboxylic acids is 1. The standard InChI is InChI=1S/C24H32O3/c1-4-6-8-18-26-19(3)21-14-16-23(17-15-21)27-24(25)22-12-10-20(11-13-22)9-7-5-2/h10-17,19H,4-9,18H2,1-3H3. The third-order valence-electron chi connectivity index (χ3n) is 4.68. The molecule has 0 saturated heterocycles. The predicted octanol–water partition coefficient (Wildman–Crippen LogP) is 6.52. The van der Waals surface area contributed by atoms with Crippen LogP contribution in [0.15, 0.2) is 48.5 Å². The van der Waals surface area contributed by atoms with Gasteiger partial charge in [0.05, 0.1) is 11.7 Å². The molecule has 0 fully saturated rings. The molecule has 2 aromatic rings. The van der Waals surface area contributed by atoms with Crippen molar-refractivity contribution in [2.75, 3.05) is 6.61 Å². The van der Waals surface area contributed by atoms with Gasteiger partial charge in [0, 0.05) is 6.61 Å². The summed E-state index contributed by atoms with van der Waals surface area (Å²) in [6, 6.07) is 15.3. The Bertz CT molecular complexity index is 674. The molecule has 0 aromatic heterocycles. The van der Waals surface area contributed by atoms with Crippen LogP contribution in [-0.2, 0) is 11.2 Å². The van der Waals surface area contributed by atoms with Gasteiger partial charge in [-0.1, -0.05) is 57.4 Å². The van der Waals surface area contributed by atoms with Crippen molar-refractivity contribution in [3.63, 3.8) is 0 Å². The lowest BCUT2D eigenvalue weighted by Crippen LogP contribution is -2.08. The van der Waals surface area contributed by atoms with E-state index in [1.807, 2.05) is 55.5 Å². The zero-order chi connectivity index (χ0) is 19.5. The summed E-state index contributed by atoms with van der Waals surface area (Å²) in [5, 5.41) is 0. The molecule has 0 amide bonds. The number of carbonyl (C=O) groups is 1. The number of ether oxygens (including phenoxy) is 2. The van der Waals surface area contributed by atoms with Gasteiger partial charge in [0.2, 0.25) is 0 Å². The van der Waals surface area contributed by atoms with E-state index in [9.17, 15) is 4.79 Å². The SMILES string of the molecule is CCCCCOC(C)c1ccc(OC(=O)c2ccc(CCCC)cc2)cc1. The van der Waals surface area contributed by atoms with Gasteiger partial charge >= 0.3 is 5.97 Å². The summed E-state index contributed by atoms with van der Waals surface area (Å²) in [5.41, 5.74) is 2.92. The van der Waals surface area contributed by atoms with Gasteiger partial charge in [-0.25, -0.2) is 4.79 Å². The minimum atomic E-state index is -0.325. The normalized spacial score (nSPS) is 12.0. The second kappa shape index (κ2) is 11.6. The van der Waals surface area contributed by atoms with Gasteiger partial charge in [-0.15, -0.1) is 0 Å². The van der Waals surface area contributed by atoms with Gasteiger partial charge in [0.1, 0.15) is 5.75 Å². The highest BCUT2D eigenvalue weighted by Crippen LogP contribution is 2.21. The van der Waals surface area contributed by atoms with Crippen molar-refractivity contribution in [3.05, 3.63) is 65.2 Å². The number of benzene rings is 2. The van der Waals surface area contributed by atoms with Crippen molar-refractivity contribution < 1.29 is 14.3 Å². The Morgan fingerprint density at radius 1 is 0.889 bits per heavy atom. The number of rotatable bonds is 11. The summed E-state index contributed by atoms with van der Waals surface area (Å²) >= 11 is 0. The van der Waals surface area contributed by atoms with Crippen LogP contribution in [0.1, 0.15) is 80.5 Å². The molecule has 0 N–H and O–H groups in total. The monoisotopic (exact) mass is 368 g/mol. The molecule has 0 bridgehead atoms. The summed E-state index contributed by atoms with van der Waals surface area (Å²) < 4.78 is 11.3. The Morgan fingerprint density at radius 2 is 1.56 bits per heavy atom. The number of hydrogen-bond donors (Lipinski definition) is 0. The highest BCUT2D eigenvalue weighted by Gasteiger charge is 2.10. The first-order valence-electron chi connectivity index (χ1n) is 10.2. The fourth-order valence-electron chi connectivity index (χ4n) is 2.87. The highest BCUT2D eigenvalue weighted by molar-refractivity contribution is 5.91. The number of aryl methyl sites for hydroxylation is 1. The average Bonchev–Trinajstić information content (AvgIpc) is 2.70. The van der Waals surface area contributed by atoms with E-state index in [-0.39, 0.29) is 12.1 Å². The van der Waals surface area contributed by atoms with Crippen LogP contribution in [0, 0.1) is 0 Å². The van der Waals surface area contributed by atoms with Crippen LogP contribution in [0.3, 0.4) is 0 Å². The molecule has 0 aliphatic rings. The topological polar surface area (TPSA) is 35.5 Å². The lowest BCUT2D eigenvalue weighted by Gasteiger charge is -2.14. The minimum Gasteiger partial charge on any atom is -0.423 e. The average molecular weight is 369 g/mol. The Morgan fingerprint density at radius 3 is 2.19 bits per heavy atom. The minimum absolute atomic E-state index is 0.0438. The van der Waals surface area contributed by atoms with E-state index in [4.69, 9.17) is 9.47 Å². The van der Waals surface area contributed by atoms with E-state index in [0.29, 0.717) is 11.3 Å². The van der Waals surface area contributed by atoms with Crippen LogP contribution in [0.5, 0.6) is 5.75 Å². The lowest BCUT2D eigenvalue weighted by atomic mass is 10.1. The molecule has 146 valence electrons. The lowest BCUT2D eigenvalue weighted by molar-refractivity contribution is 0.0629. The second-order valence-corrected chi connectivity index (χ2v) is 6.98. The number of hydrogen-bond acceptors (Lipinski definition) is 3. The van der Waals surface area contributed by atoms with Gasteiger partial charge in [-0.2, -0.15) is 0 Å². The van der Waals surface area contributed by atoms with E-state index in [1.165, 1.54) is 24.8 Å². The van der Waals surface area contributed by atoms with Crippen LogP contribution < -0.4 is 4.74 Å². The molecule has 2 aromatic carbocycles. The molecule has 0 spiro atoms. The Kier molecular flexibility index (Phi) is 9.06. The fourth-order valence-corrected chi connectivity index (χ4v) is 2.87. The van der Waals surface area contributed by atoms with Crippen LogP contribution in [0.25, 0.3) is 0 Å². The summed E-state index contributed by atoms with van der Waals surface area (Å²) in [6.45, 7) is 7.19. The van der Waals surface area contributed by atoms with Crippen molar-refractivity contribution in [3.8, 4) is 5.75 Å². The van der Waals surface area contributed by atoms with E-state index in [0.717, 1.165) is 31.4 Å². The highest BCUT2D eigenvalue weighted by atomic mass is 16.5. The molecular formula is C24H32O3. The van der Waals surface area contributed by atoms with E-state index in [1.54, 1.807) is 0 Å². The molecule has 0 aliphatic heterocycles. The molecule has 3 nitrogen and oxygen atoms in total. The largest absolute Gasteiger partial charge is 0.423 e. The molecule has 0 aliphatic carbocycles. The Balaban J connectivity index is 1.87. The first-order valence-corrected chi connectivity index (χ1v) is 10.2. The van der Waals surface area contributed by atoms with E-state index >= 15 is 0 Å². The summed E-state index contributed by atoms with van der Waals surface area (Å²) in [7, 11) is 0. The zero-order valence-corrected chi connectivity index (χ0v) is 16.9. The fraction of sp³-hybridized carbons (Fsp3) is 0.458. The third kappa shape index (κ3) is 7.18. The molecule has 3 heteroatoms. The molecule has 2 rings (SSSR count). The zero-order valence-electron chi connectivity index (χ0n) is 16.9. The quantitative estimate of drug-likeness (QED) is 0.257. The molecule has 1 unspecified atom stereocenters. The summed E-state index contributed by atoms with van der Waals surface area (Å²) in [5.74, 6) is 0.227. The maximum Gasteiger partial charge on any atom is 0.343 e. The van der Waals surface area contributed by atoms with E-state index in [2.05, 4.69) is 13.8 Å². The molecule has 27 heavy (non-hydrogen) atoms. The molecule has 0 radical (unpaired) electrons. The van der Waals surface area contributed by atoms with Crippen LogP contribution in [0.2, 0.25) is 0 Å². The van der Waals surface area contributed by atoms with Crippen molar-refractivity contribution in [1.82, 2.24) is 0 Å². The van der Waals surface area contributed by atoms with Crippen molar-refractivity contribution in [2.24, 2.45) is 0 Å². The van der Waals surface area contributed by atoms with Gasteiger partial charge < -0.3 is 9.47 Å². The maximum absolute atomic E-state index is 12.3. The number of esters is 1. The Hall–Kier alpha value is -2.13. The third-order valence-corrected chi connectivity index (χ3v) is 4.68. The van der Waals surface area contributed by atoms with Crippen LogP contribution >= 0.6 is 0 Å². The van der Waals surface area contributed by atoms with Crippen molar-refractivity contribution >= 4 is 5.97 Å². The molecule has 0 saturated carbocycles. The van der Waals surface area contributed by atoms with Gasteiger partial charge in [0.15, 0.2) is 0 Å². The molecule has 1 atom stereocenters. The molecular weight excluding hydrogens is 336 g/mol. The predicted molar refractivity (Wildman–Crippen MR) is 110 cm³/mol. The van der Waals surface area contributed by atoms with Crippen LogP contribution in [0.4, 0.5) is 0 Å².